The van der Waals surface area contributed by atoms with E-state index in [2.05, 4.69) is 11.3 Å². The molecule has 0 aromatic carbocycles. The number of Topliss-reactive ketones (excluding diaryl/α,β-unsaturated/α-hetero) is 1. The lowest BCUT2D eigenvalue weighted by Crippen LogP contribution is -2.17. The van der Waals surface area contributed by atoms with Crippen molar-refractivity contribution in [2.75, 3.05) is 6.61 Å². The maximum absolute atomic E-state index is 10.8. The molecule has 13 heavy (non-hydrogen) atoms. The van der Waals surface area contributed by atoms with E-state index in [0.29, 0.717) is 0 Å². The van der Waals surface area contributed by atoms with Gasteiger partial charge in [0.2, 0.25) is 0 Å². The molecular weight excluding hydrogens is 176 g/mol. The molecule has 0 atom stereocenters. The summed E-state index contributed by atoms with van der Waals surface area (Å²) in [5, 5.41) is 8.42. The Morgan fingerprint density at radius 1 is 1.38 bits per heavy atom. The highest BCUT2D eigenvalue weighted by Crippen LogP contribution is 1.96. The summed E-state index contributed by atoms with van der Waals surface area (Å²) in [7, 11) is 0. The Kier molecular flexibility index (Phi) is 4.61. The predicted octanol–water partition coefficient (Wildman–Crippen LogP) is -0.416. The van der Waals surface area contributed by atoms with Crippen molar-refractivity contribution in [2.24, 2.45) is 0 Å². The van der Waals surface area contributed by atoms with Gasteiger partial charge in [-0.25, -0.2) is 4.79 Å². The van der Waals surface area contributed by atoms with Gasteiger partial charge in [0, 0.05) is 0 Å². The molecule has 0 bridgehead atoms. The number of carbonyl (C=O) groups is 3. The van der Waals surface area contributed by atoms with E-state index in [-0.39, 0.29) is 5.57 Å². The Labute approximate surface area is 75.0 Å². The first-order chi connectivity index (χ1) is 5.97. The Morgan fingerprint density at radius 2 is 1.92 bits per heavy atom. The highest BCUT2D eigenvalue weighted by molar-refractivity contribution is 6.01. The molecule has 0 saturated heterocycles. The molecule has 5 heteroatoms. The van der Waals surface area contributed by atoms with Crippen molar-refractivity contribution >= 4 is 17.7 Å². The van der Waals surface area contributed by atoms with Crippen LogP contribution in [0.3, 0.4) is 0 Å². The summed E-state index contributed by atoms with van der Waals surface area (Å²) in [5.74, 6) is -2.34. The average molecular weight is 186 g/mol. The largest absolute Gasteiger partial charge is 0.391 e. The molecule has 0 heterocycles. The molecule has 0 aliphatic rings. The standard InChI is InChI=1S/C8H10O5/c1-5(4-9)8(12)13-7(11)3-6(2)10/h9H,1,3-4H2,2H3. The van der Waals surface area contributed by atoms with Crippen molar-refractivity contribution in [3.05, 3.63) is 12.2 Å². The number of carbonyl (C=O) groups excluding carboxylic acids is 3. The summed E-state index contributed by atoms with van der Waals surface area (Å²) in [6.07, 6.45) is -0.454. The van der Waals surface area contributed by atoms with E-state index >= 15 is 0 Å². The Balaban J connectivity index is 3.99. The highest BCUT2D eigenvalue weighted by atomic mass is 16.6. The second-order valence-electron chi connectivity index (χ2n) is 2.40. The fraction of sp³-hybridized carbons (Fsp3) is 0.375. The first-order valence-electron chi connectivity index (χ1n) is 3.50. The van der Waals surface area contributed by atoms with Crippen LogP contribution < -0.4 is 0 Å². The fourth-order valence-electron chi connectivity index (χ4n) is 0.479. The molecule has 5 nitrogen and oxygen atoms in total. The minimum absolute atomic E-state index is 0.225. The van der Waals surface area contributed by atoms with Crippen LogP contribution >= 0.6 is 0 Å². The minimum Gasteiger partial charge on any atom is -0.391 e. The topological polar surface area (TPSA) is 80.7 Å². The predicted molar refractivity (Wildman–Crippen MR) is 42.6 cm³/mol. The van der Waals surface area contributed by atoms with Crippen LogP contribution in [0.15, 0.2) is 12.2 Å². The summed E-state index contributed by atoms with van der Waals surface area (Å²) in [4.78, 5) is 31.8. The lowest BCUT2D eigenvalue weighted by molar-refractivity contribution is -0.157. The fourth-order valence-corrected chi connectivity index (χ4v) is 0.479. The third-order valence-corrected chi connectivity index (χ3v) is 1.08. The van der Waals surface area contributed by atoms with Crippen molar-refractivity contribution in [1.82, 2.24) is 0 Å². The van der Waals surface area contributed by atoms with Gasteiger partial charge in [0.05, 0.1) is 12.2 Å². The van der Waals surface area contributed by atoms with Crippen LogP contribution in [0.4, 0.5) is 0 Å². The lowest BCUT2D eigenvalue weighted by Gasteiger charge is -2.00. The van der Waals surface area contributed by atoms with Crippen LogP contribution in [-0.4, -0.2) is 29.4 Å². The Morgan fingerprint density at radius 3 is 2.31 bits per heavy atom. The third-order valence-electron chi connectivity index (χ3n) is 1.08. The maximum Gasteiger partial charge on any atom is 0.343 e. The number of rotatable bonds is 4. The number of hydrogen-bond acceptors (Lipinski definition) is 5. The first kappa shape index (κ1) is 11.5. The van der Waals surface area contributed by atoms with E-state index in [1.807, 2.05) is 0 Å². The first-order valence-corrected chi connectivity index (χ1v) is 3.50. The van der Waals surface area contributed by atoms with Crippen LogP contribution in [0.1, 0.15) is 13.3 Å². The molecule has 0 saturated carbocycles. The normalized spacial score (nSPS) is 9.08. The zero-order chi connectivity index (χ0) is 10.4. The third kappa shape index (κ3) is 4.86. The monoisotopic (exact) mass is 186 g/mol. The van der Waals surface area contributed by atoms with Crippen LogP contribution in [0.25, 0.3) is 0 Å². The summed E-state index contributed by atoms with van der Waals surface area (Å²) in [6.45, 7) is 3.77. The van der Waals surface area contributed by atoms with Crippen LogP contribution in [0.5, 0.6) is 0 Å². The molecular formula is C8H10O5. The summed E-state index contributed by atoms with van der Waals surface area (Å²) in [5.41, 5.74) is -0.225. The molecule has 0 fully saturated rings. The van der Waals surface area contributed by atoms with Gasteiger partial charge in [-0.15, -0.1) is 0 Å². The summed E-state index contributed by atoms with van der Waals surface area (Å²) in [6, 6.07) is 0. The number of ether oxygens (including phenoxy) is 1. The van der Waals surface area contributed by atoms with Crippen molar-refractivity contribution < 1.29 is 24.2 Å². The number of hydrogen-bond donors (Lipinski definition) is 1. The second kappa shape index (κ2) is 5.21. The highest BCUT2D eigenvalue weighted by Gasteiger charge is 2.14. The average Bonchev–Trinajstić information content (AvgIpc) is 2.01. The molecule has 0 aromatic rings. The summed E-state index contributed by atoms with van der Waals surface area (Å²) < 4.78 is 4.16. The molecule has 0 amide bonds. The van der Waals surface area contributed by atoms with E-state index < -0.39 is 30.7 Å². The summed E-state index contributed by atoms with van der Waals surface area (Å²) >= 11 is 0. The van der Waals surface area contributed by atoms with Gasteiger partial charge in [-0.2, -0.15) is 0 Å². The van der Waals surface area contributed by atoms with Gasteiger partial charge in [0.25, 0.3) is 0 Å². The van der Waals surface area contributed by atoms with Crippen LogP contribution in [0.2, 0.25) is 0 Å². The van der Waals surface area contributed by atoms with Crippen molar-refractivity contribution in [3.63, 3.8) is 0 Å². The van der Waals surface area contributed by atoms with E-state index in [1.54, 1.807) is 0 Å². The zero-order valence-corrected chi connectivity index (χ0v) is 7.20. The van der Waals surface area contributed by atoms with Gasteiger partial charge in [0.15, 0.2) is 0 Å². The SMILES string of the molecule is C=C(CO)C(=O)OC(=O)CC(C)=O. The molecule has 72 valence electrons. The molecule has 0 aliphatic heterocycles. The van der Waals surface area contributed by atoms with Crippen molar-refractivity contribution in [1.29, 1.82) is 0 Å². The van der Waals surface area contributed by atoms with Gasteiger partial charge in [0.1, 0.15) is 12.2 Å². The van der Waals surface area contributed by atoms with Gasteiger partial charge < -0.3 is 9.84 Å². The number of esters is 2. The molecule has 0 rings (SSSR count). The van der Waals surface area contributed by atoms with Gasteiger partial charge >= 0.3 is 11.9 Å². The quantitative estimate of drug-likeness (QED) is 0.366. The smallest absolute Gasteiger partial charge is 0.343 e. The van der Waals surface area contributed by atoms with Crippen LogP contribution in [-0.2, 0) is 19.1 Å². The van der Waals surface area contributed by atoms with Gasteiger partial charge in [-0.05, 0) is 6.92 Å². The molecule has 0 spiro atoms. The number of aliphatic hydroxyl groups excluding tert-OH is 1. The Bertz CT molecular complexity index is 253. The molecule has 0 aromatic heterocycles. The molecule has 0 radical (unpaired) electrons. The number of ketones is 1. The van der Waals surface area contributed by atoms with Crippen molar-refractivity contribution in [2.45, 2.75) is 13.3 Å². The van der Waals surface area contributed by atoms with E-state index in [4.69, 9.17) is 5.11 Å². The van der Waals surface area contributed by atoms with E-state index in [1.165, 1.54) is 6.92 Å². The van der Waals surface area contributed by atoms with Gasteiger partial charge in [-0.3, -0.25) is 9.59 Å². The molecule has 0 unspecified atom stereocenters. The van der Waals surface area contributed by atoms with Crippen molar-refractivity contribution in [3.8, 4) is 0 Å². The minimum atomic E-state index is -1.01. The molecule has 0 aliphatic carbocycles. The number of aliphatic hydroxyl groups is 1. The second-order valence-corrected chi connectivity index (χ2v) is 2.40. The lowest BCUT2D eigenvalue weighted by atomic mass is 10.3. The Hall–Kier alpha value is -1.49. The van der Waals surface area contributed by atoms with Crippen LogP contribution in [0, 0.1) is 0 Å². The zero-order valence-electron chi connectivity index (χ0n) is 7.20. The molecule has 1 N–H and O–H groups in total. The van der Waals surface area contributed by atoms with E-state index in [0.717, 1.165) is 0 Å². The van der Waals surface area contributed by atoms with Gasteiger partial charge in [-0.1, -0.05) is 6.58 Å². The maximum atomic E-state index is 10.8. The van der Waals surface area contributed by atoms with E-state index in [9.17, 15) is 14.4 Å².